The summed E-state index contributed by atoms with van der Waals surface area (Å²) in [4.78, 5) is 29.1. The van der Waals surface area contributed by atoms with Gasteiger partial charge in [-0.1, -0.05) is 40.9 Å². The molecule has 1 N–H and O–H groups in total. The van der Waals surface area contributed by atoms with E-state index in [1.54, 1.807) is 6.07 Å². The van der Waals surface area contributed by atoms with Crippen LogP contribution >= 0.6 is 34.8 Å². The Kier molecular flexibility index (Phi) is 5.23. The van der Waals surface area contributed by atoms with Crippen LogP contribution in [-0.4, -0.2) is 15.5 Å². The lowest BCUT2D eigenvalue weighted by molar-refractivity contribution is -0.116. The van der Waals surface area contributed by atoms with Crippen LogP contribution in [0.15, 0.2) is 35.4 Å². The number of amides is 1. The van der Waals surface area contributed by atoms with Gasteiger partial charge in [0, 0.05) is 5.02 Å². The van der Waals surface area contributed by atoms with Crippen molar-refractivity contribution in [2.24, 2.45) is 0 Å². The largest absolute Gasteiger partial charge is 0.323 e. The Morgan fingerprint density at radius 1 is 1.12 bits per heavy atom. The first-order valence-corrected chi connectivity index (χ1v) is 8.80. The minimum absolute atomic E-state index is 0.213. The number of anilines is 1. The number of carbonyl (C=O) groups is 1. The number of fused-ring (bicyclic) bond motifs is 1. The van der Waals surface area contributed by atoms with E-state index in [4.69, 9.17) is 34.8 Å². The molecule has 3 aromatic rings. The molecule has 0 saturated heterocycles. The van der Waals surface area contributed by atoms with E-state index >= 15 is 0 Å². The molecule has 0 unspecified atom stereocenters. The minimum Gasteiger partial charge on any atom is -0.323 e. The van der Waals surface area contributed by atoms with Gasteiger partial charge in [0.25, 0.3) is 5.56 Å². The number of hydrogen-bond donors (Lipinski definition) is 1. The molecule has 0 atom stereocenters. The summed E-state index contributed by atoms with van der Waals surface area (Å²) in [6.07, 6.45) is 1.29. The molecule has 26 heavy (non-hydrogen) atoms. The zero-order valence-electron chi connectivity index (χ0n) is 13.9. The number of rotatable bonds is 3. The third-order valence-electron chi connectivity index (χ3n) is 3.86. The maximum atomic E-state index is 12.6. The maximum absolute atomic E-state index is 12.6. The predicted molar refractivity (Wildman–Crippen MR) is 106 cm³/mol. The molecule has 0 aliphatic rings. The van der Waals surface area contributed by atoms with Crippen LogP contribution in [-0.2, 0) is 11.3 Å². The number of benzene rings is 2. The van der Waals surface area contributed by atoms with Crippen molar-refractivity contribution in [2.75, 3.05) is 5.32 Å². The van der Waals surface area contributed by atoms with Gasteiger partial charge in [-0.15, -0.1) is 0 Å². The fraction of sp³-hybridized carbons (Fsp3) is 0.167. The maximum Gasteiger partial charge on any atom is 0.261 e. The number of aryl methyl sites for hydroxylation is 2. The fourth-order valence-corrected chi connectivity index (χ4v) is 3.63. The number of hydrogen-bond acceptors (Lipinski definition) is 3. The average Bonchev–Trinajstić information content (AvgIpc) is 2.54. The van der Waals surface area contributed by atoms with E-state index in [0.717, 1.165) is 11.1 Å². The molecule has 2 aromatic carbocycles. The van der Waals surface area contributed by atoms with Gasteiger partial charge in [0.05, 0.1) is 33.0 Å². The highest BCUT2D eigenvalue weighted by molar-refractivity contribution is 6.38. The Bertz CT molecular complexity index is 1070. The van der Waals surface area contributed by atoms with Crippen LogP contribution in [0.25, 0.3) is 10.9 Å². The second-order valence-corrected chi connectivity index (χ2v) is 7.20. The molecule has 0 aliphatic carbocycles. The monoisotopic (exact) mass is 409 g/mol. The molecule has 5 nitrogen and oxygen atoms in total. The summed E-state index contributed by atoms with van der Waals surface area (Å²) < 4.78 is 1.20. The van der Waals surface area contributed by atoms with Crippen LogP contribution in [0.5, 0.6) is 0 Å². The molecule has 0 bridgehead atoms. The smallest absolute Gasteiger partial charge is 0.261 e. The van der Waals surface area contributed by atoms with E-state index in [2.05, 4.69) is 10.3 Å². The van der Waals surface area contributed by atoms with Gasteiger partial charge in [-0.3, -0.25) is 14.2 Å². The molecule has 3 rings (SSSR count). The highest BCUT2D eigenvalue weighted by atomic mass is 35.5. The molecule has 0 radical (unpaired) electrons. The van der Waals surface area contributed by atoms with Crippen LogP contribution < -0.4 is 10.9 Å². The van der Waals surface area contributed by atoms with Gasteiger partial charge in [-0.2, -0.15) is 0 Å². The van der Waals surface area contributed by atoms with Gasteiger partial charge in [-0.25, -0.2) is 4.98 Å². The zero-order valence-corrected chi connectivity index (χ0v) is 16.2. The number of carbonyl (C=O) groups excluding carboxylic acids is 1. The van der Waals surface area contributed by atoms with Crippen LogP contribution in [0, 0.1) is 13.8 Å². The number of aromatic nitrogens is 2. The van der Waals surface area contributed by atoms with Crippen LogP contribution in [0.3, 0.4) is 0 Å². The molecule has 0 fully saturated rings. The Balaban J connectivity index is 1.91. The number of nitrogens with zero attached hydrogens (tertiary/aromatic N) is 2. The van der Waals surface area contributed by atoms with Gasteiger partial charge in [-0.05, 0) is 43.2 Å². The molecule has 8 heteroatoms. The topological polar surface area (TPSA) is 64.0 Å². The molecule has 1 heterocycles. The van der Waals surface area contributed by atoms with Crippen molar-refractivity contribution in [3.8, 4) is 0 Å². The Labute approximate surface area is 164 Å². The summed E-state index contributed by atoms with van der Waals surface area (Å²) in [7, 11) is 0. The van der Waals surface area contributed by atoms with E-state index in [-0.39, 0.29) is 17.0 Å². The summed E-state index contributed by atoms with van der Waals surface area (Å²) >= 11 is 18.2. The standard InChI is InChI=1S/C18H14Cl3N3O2/c1-9-3-10(2)16(13(20)4-9)23-15(25)7-24-8-22-17-12(18(24)26)5-11(19)6-14(17)21/h3-6,8H,7H2,1-2H3,(H,23,25). The van der Waals surface area contributed by atoms with Crippen molar-refractivity contribution in [1.82, 2.24) is 9.55 Å². The normalized spacial score (nSPS) is 11.0. The molecular weight excluding hydrogens is 397 g/mol. The van der Waals surface area contributed by atoms with Crippen molar-refractivity contribution >= 4 is 57.3 Å². The Hall–Kier alpha value is -2.08. The summed E-state index contributed by atoms with van der Waals surface area (Å²) in [6, 6.07) is 6.66. The highest BCUT2D eigenvalue weighted by Crippen LogP contribution is 2.27. The second-order valence-electron chi connectivity index (χ2n) is 5.95. The van der Waals surface area contributed by atoms with Crippen molar-refractivity contribution in [1.29, 1.82) is 0 Å². The lowest BCUT2D eigenvalue weighted by Crippen LogP contribution is -2.28. The quantitative estimate of drug-likeness (QED) is 0.685. The summed E-state index contributed by atoms with van der Waals surface area (Å²) in [5.41, 5.74) is 2.30. The summed E-state index contributed by atoms with van der Waals surface area (Å²) in [5, 5.41) is 4.04. The molecule has 0 saturated carbocycles. The third-order valence-corrected chi connectivity index (χ3v) is 4.66. The van der Waals surface area contributed by atoms with Crippen molar-refractivity contribution in [3.05, 3.63) is 67.1 Å². The third kappa shape index (κ3) is 3.70. The molecule has 134 valence electrons. The first-order chi connectivity index (χ1) is 12.3. The van der Waals surface area contributed by atoms with Crippen LogP contribution in [0.4, 0.5) is 5.69 Å². The summed E-state index contributed by atoms with van der Waals surface area (Å²) in [6.45, 7) is 3.55. The molecule has 1 amide bonds. The van der Waals surface area contributed by atoms with Gasteiger partial charge in [0.1, 0.15) is 6.54 Å². The van der Waals surface area contributed by atoms with E-state index in [0.29, 0.717) is 21.2 Å². The van der Waals surface area contributed by atoms with E-state index in [1.807, 2.05) is 19.9 Å². The molecule has 1 aromatic heterocycles. The Morgan fingerprint density at radius 3 is 2.54 bits per heavy atom. The summed E-state index contributed by atoms with van der Waals surface area (Å²) in [5.74, 6) is -0.393. The van der Waals surface area contributed by atoms with Gasteiger partial charge >= 0.3 is 0 Å². The molecular formula is C18H14Cl3N3O2. The highest BCUT2D eigenvalue weighted by Gasteiger charge is 2.13. The van der Waals surface area contributed by atoms with Crippen LogP contribution in [0.2, 0.25) is 15.1 Å². The second kappa shape index (κ2) is 7.27. The SMILES string of the molecule is Cc1cc(C)c(NC(=O)Cn2cnc3c(Cl)cc(Cl)cc3c2=O)c(Cl)c1. The van der Waals surface area contributed by atoms with Gasteiger partial charge in [0.2, 0.25) is 5.91 Å². The molecule has 0 spiro atoms. The first kappa shape index (κ1) is 18.7. The first-order valence-electron chi connectivity index (χ1n) is 7.67. The van der Waals surface area contributed by atoms with E-state index < -0.39 is 11.5 Å². The number of nitrogens with one attached hydrogen (secondary N) is 1. The fourth-order valence-electron chi connectivity index (χ4n) is 2.72. The van der Waals surface area contributed by atoms with E-state index in [1.165, 1.54) is 23.0 Å². The van der Waals surface area contributed by atoms with E-state index in [9.17, 15) is 9.59 Å². The van der Waals surface area contributed by atoms with Crippen molar-refractivity contribution in [3.63, 3.8) is 0 Å². The predicted octanol–water partition coefficient (Wildman–Crippen LogP) is 4.61. The van der Waals surface area contributed by atoms with Gasteiger partial charge < -0.3 is 5.32 Å². The Morgan fingerprint density at radius 2 is 1.85 bits per heavy atom. The van der Waals surface area contributed by atoms with Crippen LogP contribution in [0.1, 0.15) is 11.1 Å². The van der Waals surface area contributed by atoms with Gasteiger partial charge in [0.15, 0.2) is 0 Å². The van der Waals surface area contributed by atoms with Crippen molar-refractivity contribution in [2.45, 2.75) is 20.4 Å². The van der Waals surface area contributed by atoms with Crippen molar-refractivity contribution < 1.29 is 4.79 Å². The lowest BCUT2D eigenvalue weighted by Gasteiger charge is -2.12. The average molecular weight is 411 g/mol. The number of halogens is 3. The molecule has 0 aliphatic heterocycles. The lowest BCUT2D eigenvalue weighted by atomic mass is 10.1. The minimum atomic E-state index is -0.402. The zero-order chi connectivity index (χ0) is 19.0.